The van der Waals surface area contributed by atoms with E-state index < -0.39 is 10.0 Å². The Morgan fingerprint density at radius 3 is 2.80 bits per heavy atom. The van der Waals surface area contributed by atoms with Crippen LogP contribution in [0.25, 0.3) is 0 Å². The van der Waals surface area contributed by atoms with Gasteiger partial charge in [-0.25, -0.2) is 13.6 Å². The quantitative estimate of drug-likeness (QED) is 0.698. The summed E-state index contributed by atoms with van der Waals surface area (Å²) in [7, 11) is -3.73. The number of nitrogens with zero attached hydrogens (tertiary/aromatic N) is 1. The average Bonchev–Trinajstić information content (AvgIpc) is 2.82. The van der Waals surface area contributed by atoms with E-state index in [1.807, 2.05) is 0 Å². The molecule has 0 aromatic heterocycles. The van der Waals surface area contributed by atoms with Crippen molar-refractivity contribution in [3.8, 4) is 0 Å². The monoisotopic (exact) mass is 298 g/mol. The van der Waals surface area contributed by atoms with Crippen LogP contribution in [0.15, 0.2) is 23.1 Å². The fourth-order valence-electron chi connectivity index (χ4n) is 2.67. The molecule has 0 bridgehead atoms. The molecule has 0 saturated carbocycles. The van der Waals surface area contributed by atoms with E-state index in [1.54, 1.807) is 6.07 Å². The minimum absolute atomic E-state index is 0.0405. The molecule has 1 aromatic rings. The predicted molar refractivity (Wildman–Crippen MR) is 81.0 cm³/mol. The molecule has 0 aliphatic carbocycles. The molecule has 2 rings (SSSR count). The van der Waals surface area contributed by atoms with Gasteiger partial charge in [0.25, 0.3) is 0 Å². The highest BCUT2D eigenvalue weighted by atomic mass is 32.2. The minimum Gasteiger partial charge on any atom is -0.399 e. The number of hydrogen-bond donors (Lipinski definition) is 3. The third-order valence-corrected chi connectivity index (χ3v) is 4.60. The molecule has 1 aliphatic heterocycles. The molecule has 20 heavy (non-hydrogen) atoms. The van der Waals surface area contributed by atoms with Crippen LogP contribution in [0.3, 0.4) is 0 Å². The van der Waals surface area contributed by atoms with E-state index in [9.17, 15) is 8.42 Å². The Hall–Kier alpha value is -1.31. The highest BCUT2D eigenvalue weighted by Crippen LogP contribution is 2.21. The summed E-state index contributed by atoms with van der Waals surface area (Å²) >= 11 is 0. The summed E-state index contributed by atoms with van der Waals surface area (Å²) in [6.45, 7) is 5.09. The molecule has 0 spiro atoms. The smallest absolute Gasteiger partial charge is 0.238 e. The van der Waals surface area contributed by atoms with Crippen LogP contribution in [0, 0.1) is 0 Å². The Bertz CT molecular complexity index is 574. The molecule has 1 aliphatic rings. The van der Waals surface area contributed by atoms with Gasteiger partial charge in [0.05, 0.1) is 4.90 Å². The number of nitrogens with two attached hydrogens (primary N) is 2. The fraction of sp³-hybridized carbons (Fsp3) is 0.538. The van der Waals surface area contributed by atoms with E-state index in [0.717, 1.165) is 26.1 Å². The van der Waals surface area contributed by atoms with E-state index in [4.69, 9.17) is 10.9 Å². The van der Waals surface area contributed by atoms with Crippen LogP contribution in [0.1, 0.15) is 19.8 Å². The second-order valence-corrected chi connectivity index (χ2v) is 6.70. The molecule has 6 nitrogen and oxygen atoms in total. The van der Waals surface area contributed by atoms with Crippen molar-refractivity contribution in [3.63, 3.8) is 0 Å². The van der Waals surface area contributed by atoms with Crippen LogP contribution in [-0.2, 0) is 10.0 Å². The zero-order valence-corrected chi connectivity index (χ0v) is 12.5. The maximum absolute atomic E-state index is 11.4. The zero-order chi connectivity index (χ0) is 14.8. The molecule has 0 radical (unpaired) electrons. The molecule has 5 N–H and O–H groups in total. The van der Waals surface area contributed by atoms with Crippen molar-refractivity contribution < 1.29 is 8.42 Å². The normalized spacial score (nSPS) is 20.2. The van der Waals surface area contributed by atoms with E-state index >= 15 is 0 Å². The molecule has 0 amide bonds. The first kappa shape index (κ1) is 15.1. The third-order valence-electron chi connectivity index (χ3n) is 3.70. The first-order valence-electron chi connectivity index (χ1n) is 6.81. The number of likely N-dealkylation sites (N-methyl/N-ethyl adjacent to an activating group) is 1. The Morgan fingerprint density at radius 2 is 2.15 bits per heavy atom. The second kappa shape index (κ2) is 5.99. The van der Waals surface area contributed by atoms with Gasteiger partial charge < -0.3 is 11.1 Å². The summed E-state index contributed by atoms with van der Waals surface area (Å²) in [6.07, 6.45) is 2.37. The van der Waals surface area contributed by atoms with Crippen LogP contribution in [0.4, 0.5) is 11.4 Å². The largest absolute Gasteiger partial charge is 0.399 e. The lowest BCUT2D eigenvalue weighted by Gasteiger charge is -2.23. The fourth-order valence-corrected chi connectivity index (χ4v) is 3.26. The maximum Gasteiger partial charge on any atom is 0.238 e. The summed E-state index contributed by atoms with van der Waals surface area (Å²) in [5, 5.41) is 8.40. The summed E-state index contributed by atoms with van der Waals surface area (Å²) in [4.78, 5) is 2.46. The van der Waals surface area contributed by atoms with Gasteiger partial charge in [-0.3, -0.25) is 4.90 Å². The molecule has 1 aromatic carbocycles. The number of benzene rings is 1. The van der Waals surface area contributed by atoms with E-state index in [2.05, 4.69) is 17.1 Å². The van der Waals surface area contributed by atoms with Crippen molar-refractivity contribution in [1.29, 1.82) is 0 Å². The molecule has 112 valence electrons. The van der Waals surface area contributed by atoms with Gasteiger partial charge in [-0.15, -0.1) is 0 Å². The Labute approximate surface area is 120 Å². The number of primary sulfonamides is 1. The van der Waals surface area contributed by atoms with Gasteiger partial charge in [0.15, 0.2) is 0 Å². The van der Waals surface area contributed by atoms with Gasteiger partial charge in [-0.1, -0.05) is 6.92 Å². The highest BCUT2D eigenvalue weighted by molar-refractivity contribution is 7.89. The number of rotatable bonds is 5. The molecular weight excluding hydrogens is 276 g/mol. The second-order valence-electron chi connectivity index (χ2n) is 5.14. The average molecular weight is 298 g/mol. The van der Waals surface area contributed by atoms with Gasteiger partial charge in [0.1, 0.15) is 0 Å². The summed E-state index contributed by atoms with van der Waals surface area (Å²) < 4.78 is 22.8. The van der Waals surface area contributed by atoms with Gasteiger partial charge in [0, 0.05) is 24.0 Å². The van der Waals surface area contributed by atoms with E-state index in [1.165, 1.54) is 18.6 Å². The van der Waals surface area contributed by atoms with Crippen LogP contribution in [-0.4, -0.2) is 39.0 Å². The number of nitrogen functional groups attached to an aromatic ring is 1. The molecule has 1 atom stereocenters. The van der Waals surface area contributed by atoms with Gasteiger partial charge in [0.2, 0.25) is 10.0 Å². The number of nitrogens with one attached hydrogen (secondary N) is 1. The predicted octanol–water partition coefficient (Wildman–Crippen LogP) is 0.812. The Balaban J connectivity index is 2.08. The summed E-state index contributed by atoms with van der Waals surface area (Å²) in [5.74, 6) is 0. The zero-order valence-electron chi connectivity index (χ0n) is 11.7. The lowest BCUT2D eigenvalue weighted by molar-refractivity contribution is 0.277. The Kier molecular flexibility index (Phi) is 4.52. The van der Waals surface area contributed by atoms with E-state index in [-0.39, 0.29) is 4.90 Å². The third kappa shape index (κ3) is 3.62. The van der Waals surface area contributed by atoms with Crippen molar-refractivity contribution in [2.24, 2.45) is 5.14 Å². The lowest BCUT2D eigenvalue weighted by Crippen LogP contribution is -2.34. The maximum atomic E-state index is 11.4. The minimum atomic E-state index is -3.73. The van der Waals surface area contributed by atoms with Crippen LogP contribution in [0.5, 0.6) is 0 Å². The number of hydrogen-bond acceptors (Lipinski definition) is 5. The molecule has 1 saturated heterocycles. The van der Waals surface area contributed by atoms with Crippen LogP contribution in [0.2, 0.25) is 0 Å². The van der Waals surface area contributed by atoms with Crippen molar-refractivity contribution in [2.75, 3.05) is 30.7 Å². The molecule has 1 fully saturated rings. The van der Waals surface area contributed by atoms with Crippen LogP contribution < -0.4 is 16.2 Å². The molecule has 7 heteroatoms. The lowest BCUT2D eigenvalue weighted by atomic mass is 10.2. The molecule has 1 unspecified atom stereocenters. The molecular formula is C13H22N4O2S. The first-order valence-corrected chi connectivity index (χ1v) is 8.36. The summed E-state index contributed by atoms with van der Waals surface area (Å²) in [6, 6.07) is 5.10. The first-order chi connectivity index (χ1) is 9.40. The number of sulfonamides is 1. The van der Waals surface area contributed by atoms with Gasteiger partial charge in [-0.2, -0.15) is 0 Å². The topological polar surface area (TPSA) is 101 Å². The number of anilines is 2. The van der Waals surface area contributed by atoms with E-state index in [0.29, 0.717) is 17.4 Å². The number of likely N-dealkylation sites (tertiary alicyclic amines) is 1. The van der Waals surface area contributed by atoms with Crippen molar-refractivity contribution in [3.05, 3.63) is 18.2 Å². The van der Waals surface area contributed by atoms with Crippen molar-refractivity contribution in [1.82, 2.24) is 4.90 Å². The van der Waals surface area contributed by atoms with Crippen LogP contribution >= 0.6 is 0 Å². The SMILES string of the molecule is CCN1CCCC1CNc1cc(N)cc(S(N)(=O)=O)c1. The summed E-state index contributed by atoms with van der Waals surface area (Å²) in [5.41, 5.74) is 6.80. The standard InChI is InChI=1S/C13H22N4O2S/c1-2-17-5-3-4-12(17)9-16-11-6-10(14)7-13(8-11)20(15,18)19/h6-8,12,16H,2-5,9,14H2,1H3,(H2,15,18,19). The van der Waals surface area contributed by atoms with Crippen molar-refractivity contribution in [2.45, 2.75) is 30.7 Å². The highest BCUT2D eigenvalue weighted by Gasteiger charge is 2.22. The van der Waals surface area contributed by atoms with Gasteiger partial charge in [-0.05, 0) is 44.1 Å². The Morgan fingerprint density at radius 1 is 1.40 bits per heavy atom. The van der Waals surface area contributed by atoms with Crippen molar-refractivity contribution >= 4 is 21.4 Å². The molecule has 1 heterocycles. The van der Waals surface area contributed by atoms with Gasteiger partial charge >= 0.3 is 0 Å².